The number of carbonyl (C=O) groups is 3. The van der Waals surface area contributed by atoms with Gasteiger partial charge in [0.15, 0.2) is 5.78 Å². The van der Waals surface area contributed by atoms with Crippen molar-refractivity contribution in [3.8, 4) is 11.1 Å². The molecule has 0 saturated carbocycles. The minimum atomic E-state index is -0.962. The number of hydrogen-bond acceptors (Lipinski definition) is 4. The Bertz CT molecular complexity index is 1190. The van der Waals surface area contributed by atoms with Gasteiger partial charge >= 0.3 is 12.0 Å². The molecule has 7 heteroatoms. The first-order valence-electron chi connectivity index (χ1n) is 10.3. The third-order valence-corrected chi connectivity index (χ3v) is 5.53. The van der Waals surface area contributed by atoms with Crippen LogP contribution in [0.3, 0.4) is 0 Å². The van der Waals surface area contributed by atoms with Gasteiger partial charge in [-0.15, -0.1) is 0 Å². The van der Waals surface area contributed by atoms with Crippen molar-refractivity contribution in [1.29, 1.82) is 0 Å². The topological polar surface area (TPSA) is 122 Å². The van der Waals surface area contributed by atoms with Crippen molar-refractivity contribution < 1.29 is 19.5 Å². The lowest BCUT2D eigenvalue weighted by Crippen LogP contribution is -2.19. The lowest BCUT2D eigenvalue weighted by molar-refractivity contribution is -0.137. The van der Waals surface area contributed by atoms with Crippen molar-refractivity contribution in [2.75, 3.05) is 10.6 Å². The maximum atomic E-state index is 12.4. The fraction of sp³-hybridized carbons (Fsp3) is 0.160. The highest BCUT2D eigenvalue weighted by Crippen LogP contribution is 2.33. The van der Waals surface area contributed by atoms with Crippen LogP contribution in [-0.4, -0.2) is 22.9 Å². The van der Waals surface area contributed by atoms with E-state index < -0.39 is 11.9 Å². The first kappa shape index (κ1) is 21.3. The summed E-state index contributed by atoms with van der Waals surface area (Å²) in [6, 6.07) is 19.9. The first-order valence-corrected chi connectivity index (χ1v) is 10.3. The fourth-order valence-electron chi connectivity index (χ4n) is 3.95. The van der Waals surface area contributed by atoms with Gasteiger partial charge in [0.05, 0.1) is 6.42 Å². The van der Waals surface area contributed by atoms with Crippen molar-refractivity contribution in [2.45, 2.75) is 19.4 Å². The highest BCUT2D eigenvalue weighted by Gasteiger charge is 2.32. The summed E-state index contributed by atoms with van der Waals surface area (Å²) in [7, 11) is 0. The van der Waals surface area contributed by atoms with Crippen molar-refractivity contribution in [1.82, 2.24) is 0 Å². The molecule has 0 heterocycles. The van der Waals surface area contributed by atoms with E-state index in [1.807, 2.05) is 42.5 Å². The number of amides is 2. The van der Waals surface area contributed by atoms with Crippen LogP contribution < -0.4 is 16.4 Å². The maximum absolute atomic E-state index is 12.4. The lowest BCUT2D eigenvalue weighted by Gasteiger charge is -2.10. The molecule has 3 aromatic rings. The Morgan fingerprint density at radius 2 is 1.66 bits per heavy atom. The summed E-state index contributed by atoms with van der Waals surface area (Å²) in [5.41, 5.74) is 11.2. The standard InChI is InChI=1S/C25H23N3O4/c26-14-15-2-1-3-21(10-15)28-25(32)27-20-7-4-16(5-8-20)17-6-9-22-18(11-17)12-19(24(22)31)13-23(29)30/h1-11,19H,12-14,26H2,(H,29,30)(H2,27,28,32). The van der Waals surface area contributed by atoms with Gasteiger partial charge in [-0.2, -0.15) is 0 Å². The second kappa shape index (κ2) is 9.03. The van der Waals surface area contributed by atoms with Crippen LogP contribution >= 0.6 is 0 Å². The van der Waals surface area contributed by atoms with Gasteiger partial charge < -0.3 is 21.5 Å². The second-order valence-corrected chi connectivity index (χ2v) is 7.80. The Balaban J connectivity index is 1.42. The smallest absolute Gasteiger partial charge is 0.323 e. The molecule has 0 radical (unpaired) electrons. The molecule has 7 nitrogen and oxygen atoms in total. The highest BCUT2D eigenvalue weighted by molar-refractivity contribution is 6.04. The molecule has 1 unspecified atom stereocenters. The van der Waals surface area contributed by atoms with Crippen LogP contribution in [-0.2, 0) is 17.8 Å². The molecule has 0 spiro atoms. The summed E-state index contributed by atoms with van der Waals surface area (Å²) < 4.78 is 0. The average molecular weight is 429 g/mol. The van der Waals surface area contributed by atoms with E-state index in [0.29, 0.717) is 29.9 Å². The number of Topliss-reactive ketones (excluding diaryl/α,β-unsaturated/α-hetero) is 1. The molecule has 1 atom stereocenters. The Kier molecular flexibility index (Phi) is 6.00. The Hall–Kier alpha value is -3.97. The quantitative estimate of drug-likeness (QED) is 0.466. The zero-order valence-corrected chi connectivity index (χ0v) is 17.3. The molecule has 0 bridgehead atoms. The summed E-state index contributed by atoms with van der Waals surface area (Å²) in [5, 5.41) is 14.6. The molecule has 1 aliphatic rings. The van der Waals surface area contributed by atoms with Crippen molar-refractivity contribution in [2.24, 2.45) is 11.7 Å². The number of aliphatic carboxylic acids is 1. The van der Waals surface area contributed by atoms with E-state index in [1.54, 1.807) is 24.3 Å². The van der Waals surface area contributed by atoms with E-state index in [9.17, 15) is 14.4 Å². The molecule has 0 saturated heterocycles. The number of fused-ring (bicyclic) bond motifs is 1. The Labute approximate surface area is 185 Å². The Morgan fingerprint density at radius 3 is 2.38 bits per heavy atom. The molecular formula is C25H23N3O4. The summed E-state index contributed by atoms with van der Waals surface area (Å²) in [6.07, 6.45) is 0.293. The number of ketones is 1. The van der Waals surface area contributed by atoms with Crippen LogP contribution in [0.15, 0.2) is 66.7 Å². The zero-order chi connectivity index (χ0) is 22.7. The van der Waals surface area contributed by atoms with Gasteiger partial charge in [0, 0.05) is 29.4 Å². The molecule has 0 fully saturated rings. The number of nitrogens with one attached hydrogen (secondary N) is 2. The van der Waals surface area contributed by atoms with Crippen molar-refractivity contribution in [3.63, 3.8) is 0 Å². The SMILES string of the molecule is NCc1cccc(NC(=O)Nc2ccc(-c3ccc4c(c3)CC(CC(=O)O)C4=O)cc2)c1. The number of rotatable bonds is 6. The van der Waals surface area contributed by atoms with E-state index in [-0.39, 0.29) is 18.2 Å². The first-order chi connectivity index (χ1) is 15.4. The van der Waals surface area contributed by atoms with Crippen LogP contribution in [0, 0.1) is 5.92 Å². The number of anilines is 2. The number of benzene rings is 3. The van der Waals surface area contributed by atoms with Gasteiger partial charge in [0.2, 0.25) is 0 Å². The second-order valence-electron chi connectivity index (χ2n) is 7.80. The number of carboxylic acid groups (broad SMARTS) is 1. The minimum Gasteiger partial charge on any atom is -0.481 e. The molecule has 4 rings (SSSR count). The largest absolute Gasteiger partial charge is 0.481 e. The van der Waals surface area contributed by atoms with Gasteiger partial charge in [-0.05, 0) is 52.9 Å². The van der Waals surface area contributed by atoms with E-state index >= 15 is 0 Å². The van der Waals surface area contributed by atoms with E-state index in [2.05, 4.69) is 10.6 Å². The summed E-state index contributed by atoms with van der Waals surface area (Å²) in [5.74, 6) is -1.56. The van der Waals surface area contributed by atoms with Crippen LogP contribution in [0.1, 0.15) is 27.9 Å². The molecule has 1 aliphatic carbocycles. The molecule has 5 N–H and O–H groups in total. The van der Waals surface area contributed by atoms with Crippen LogP contribution in [0.25, 0.3) is 11.1 Å². The van der Waals surface area contributed by atoms with Crippen molar-refractivity contribution >= 4 is 29.2 Å². The number of urea groups is 1. The maximum Gasteiger partial charge on any atom is 0.323 e. The molecule has 162 valence electrons. The average Bonchev–Trinajstić information content (AvgIpc) is 3.08. The highest BCUT2D eigenvalue weighted by atomic mass is 16.4. The lowest BCUT2D eigenvalue weighted by atomic mass is 10.0. The Morgan fingerprint density at radius 1 is 0.938 bits per heavy atom. The monoisotopic (exact) mass is 429 g/mol. The molecular weight excluding hydrogens is 406 g/mol. The fourth-order valence-corrected chi connectivity index (χ4v) is 3.95. The third kappa shape index (κ3) is 4.68. The number of carbonyl (C=O) groups excluding carboxylic acids is 2. The summed E-state index contributed by atoms with van der Waals surface area (Å²) in [6.45, 7) is 0.398. The molecule has 3 aromatic carbocycles. The summed E-state index contributed by atoms with van der Waals surface area (Å²) >= 11 is 0. The van der Waals surface area contributed by atoms with Crippen LogP contribution in [0.2, 0.25) is 0 Å². The molecule has 0 aromatic heterocycles. The minimum absolute atomic E-state index is 0.100. The van der Waals surface area contributed by atoms with E-state index in [4.69, 9.17) is 10.8 Å². The molecule has 2 amide bonds. The number of nitrogens with two attached hydrogens (primary N) is 1. The summed E-state index contributed by atoms with van der Waals surface area (Å²) in [4.78, 5) is 35.6. The van der Waals surface area contributed by atoms with E-state index in [0.717, 1.165) is 22.3 Å². The zero-order valence-electron chi connectivity index (χ0n) is 17.3. The van der Waals surface area contributed by atoms with Gasteiger partial charge in [-0.3, -0.25) is 9.59 Å². The number of carboxylic acids is 1. The van der Waals surface area contributed by atoms with Gasteiger partial charge in [-0.25, -0.2) is 4.79 Å². The normalized spacial score (nSPS) is 14.7. The van der Waals surface area contributed by atoms with Crippen molar-refractivity contribution in [3.05, 3.63) is 83.4 Å². The number of hydrogen-bond donors (Lipinski definition) is 4. The van der Waals surface area contributed by atoms with Gasteiger partial charge in [-0.1, -0.05) is 42.5 Å². The predicted octanol–water partition coefficient (Wildman–Crippen LogP) is 4.29. The van der Waals surface area contributed by atoms with Gasteiger partial charge in [0.1, 0.15) is 0 Å². The predicted molar refractivity (Wildman–Crippen MR) is 123 cm³/mol. The third-order valence-electron chi connectivity index (χ3n) is 5.53. The van der Waals surface area contributed by atoms with Gasteiger partial charge in [0.25, 0.3) is 0 Å². The van der Waals surface area contributed by atoms with Crippen LogP contribution in [0.4, 0.5) is 16.2 Å². The van der Waals surface area contributed by atoms with E-state index in [1.165, 1.54) is 0 Å². The molecule has 32 heavy (non-hydrogen) atoms. The molecule has 0 aliphatic heterocycles. The van der Waals surface area contributed by atoms with Crippen LogP contribution in [0.5, 0.6) is 0 Å².